The Morgan fingerprint density at radius 1 is 0.893 bits per heavy atom. The first-order valence-electron chi connectivity index (χ1n) is 8.64. The molecule has 0 N–H and O–H groups in total. The van der Waals surface area contributed by atoms with Crippen molar-refractivity contribution >= 4 is 10.9 Å². The van der Waals surface area contributed by atoms with E-state index in [0.29, 0.717) is 27.9 Å². The molecule has 7 heteroatoms. The Balaban J connectivity index is 2.14. The topological polar surface area (TPSA) is 58.2 Å². The molecule has 2 aromatic carbocycles. The predicted octanol–water partition coefficient (Wildman–Crippen LogP) is 2.84. The maximum absolute atomic E-state index is 13.5. The van der Waals surface area contributed by atoms with E-state index in [2.05, 4.69) is 0 Å². The average Bonchev–Trinajstić information content (AvgIpc) is 3.12. The third-order valence-electron chi connectivity index (χ3n) is 4.91. The van der Waals surface area contributed by atoms with Crippen LogP contribution in [0.5, 0.6) is 5.75 Å². The first-order chi connectivity index (χ1) is 13.4. The summed E-state index contributed by atoms with van der Waals surface area (Å²) in [5.74, 6) is 0.336. The Bertz CT molecular complexity index is 1300. The number of aromatic nitrogens is 3. The Labute approximate surface area is 159 Å². The summed E-state index contributed by atoms with van der Waals surface area (Å²) >= 11 is 0. The fourth-order valence-corrected chi connectivity index (χ4v) is 3.38. The molecule has 0 bridgehead atoms. The monoisotopic (exact) mass is 379 g/mol. The van der Waals surface area contributed by atoms with Crippen molar-refractivity contribution in [3.8, 4) is 22.7 Å². The lowest BCUT2D eigenvalue weighted by Gasteiger charge is -2.11. The molecular weight excluding hydrogens is 361 g/mol. The van der Waals surface area contributed by atoms with E-state index in [4.69, 9.17) is 4.74 Å². The van der Waals surface area contributed by atoms with Crippen molar-refractivity contribution in [2.24, 2.45) is 14.1 Å². The molecule has 0 atom stereocenters. The van der Waals surface area contributed by atoms with Gasteiger partial charge in [-0.3, -0.25) is 13.9 Å². The summed E-state index contributed by atoms with van der Waals surface area (Å²) in [6, 6.07) is 13.3. The van der Waals surface area contributed by atoms with Crippen LogP contribution in [-0.4, -0.2) is 20.8 Å². The van der Waals surface area contributed by atoms with Crippen LogP contribution in [0.2, 0.25) is 0 Å². The molecule has 0 aliphatic rings. The zero-order chi connectivity index (χ0) is 20.0. The number of methoxy groups -OCH3 is 1. The van der Waals surface area contributed by atoms with E-state index >= 15 is 0 Å². The van der Waals surface area contributed by atoms with E-state index in [1.54, 1.807) is 32.5 Å². The Morgan fingerprint density at radius 3 is 2.14 bits per heavy atom. The lowest BCUT2D eigenvalue weighted by molar-refractivity contribution is 0.415. The molecule has 0 amide bonds. The molecule has 6 nitrogen and oxygen atoms in total. The fourth-order valence-electron chi connectivity index (χ4n) is 3.38. The third kappa shape index (κ3) is 2.63. The number of hydrogen-bond acceptors (Lipinski definition) is 3. The van der Waals surface area contributed by atoms with Crippen molar-refractivity contribution in [1.82, 2.24) is 13.7 Å². The van der Waals surface area contributed by atoms with Crippen LogP contribution in [0, 0.1) is 5.82 Å². The first-order valence-corrected chi connectivity index (χ1v) is 8.64. The largest absolute Gasteiger partial charge is 0.497 e. The van der Waals surface area contributed by atoms with Crippen molar-refractivity contribution in [3.63, 3.8) is 0 Å². The molecule has 0 fully saturated rings. The molecule has 0 unspecified atom stereocenters. The minimum absolute atomic E-state index is 0.365. The van der Waals surface area contributed by atoms with Gasteiger partial charge in [0.15, 0.2) is 0 Å². The molecule has 28 heavy (non-hydrogen) atoms. The number of fused-ring (bicyclic) bond motifs is 1. The number of halogens is 1. The van der Waals surface area contributed by atoms with Crippen LogP contribution in [0.15, 0.2) is 64.3 Å². The quantitative estimate of drug-likeness (QED) is 0.550. The first kappa shape index (κ1) is 17.8. The minimum atomic E-state index is -0.407. The molecule has 142 valence electrons. The van der Waals surface area contributed by atoms with Crippen molar-refractivity contribution in [2.45, 2.75) is 0 Å². The second kappa shape index (κ2) is 6.53. The van der Waals surface area contributed by atoms with E-state index in [1.165, 1.54) is 23.7 Å². The number of ether oxygens (including phenoxy) is 1. The number of benzene rings is 2. The van der Waals surface area contributed by atoms with Crippen LogP contribution in [0.1, 0.15) is 0 Å². The van der Waals surface area contributed by atoms with Gasteiger partial charge in [-0.15, -0.1) is 0 Å². The second-order valence-electron chi connectivity index (χ2n) is 6.52. The molecule has 0 radical (unpaired) electrons. The Morgan fingerprint density at radius 2 is 1.54 bits per heavy atom. The molecule has 0 saturated carbocycles. The smallest absolute Gasteiger partial charge is 0.330 e. The second-order valence-corrected chi connectivity index (χ2v) is 6.52. The lowest BCUT2D eigenvalue weighted by atomic mass is 10.1. The highest BCUT2D eigenvalue weighted by atomic mass is 19.1. The number of nitrogens with zero attached hydrogens (tertiary/aromatic N) is 3. The van der Waals surface area contributed by atoms with Crippen molar-refractivity contribution < 1.29 is 9.13 Å². The summed E-state index contributed by atoms with van der Waals surface area (Å²) in [7, 11) is 4.66. The van der Waals surface area contributed by atoms with E-state index in [1.807, 2.05) is 28.8 Å². The molecule has 0 aliphatic heterocycles. The van der Waals surface area contributed by atoms with Gasteiger partial charge in [0.25, 0.3) is 5.56 Å². The summed E-state index contributed by atoms with van der Waals surface area (Å²) in [6.45, 7) is 0. The summed E-state index contributed by atoms with van der Waals surface area (Å²) in [4.78, 5) is 25.3. The van der Waals surface area contributed by atoms with E-state index in [9.17, 15) is 14.0 Å². The maximum Gasteiger partial charge on any atom is 0.330 e. The van der Waals surface area contributed by atoms with E-state index < -0.39 is 11.2 Å². The molecular formula is C21H18FN3O3. The molecule has 2 heterocycles. The van der Waals surface area contributed by atoms with Gasteiger partial charge in [0, 0.05) is 26.0 Å². The van der Waals surface area contributed by atoms with Crippen molar-refractivity contribution in [2.75, 3.05) is 7.11 Å². The highest BCUT2D eigenvalue weighted by Crippen LogP contribution is 2.31. The van der Waals surface area contributed by atoms with Crippen LogP contribution >= 0.6 is 0 Å². The molecule has 4 aromatic rings. The minimum Gasteiger partial charge on any atom is -0.497 e. The van der Waals surface area contributed by atoms with Gasteiger partial charge < -0.3 is 9.30 Å². The van der Waals surface area contributed by atoms with Gasteiger partial charge in [-0.1, -0.05) is 0 Å². The molecule has 0 spiro atoms. The van der Waals surface area contributed by atoms with Crippen LogP contribution in [0.3, 0.4) is 0 Å². The van der Waals surface area contributed by atoms with Gasteiger partial charge in [-0.25, -0.2) is 9.18 Å². The fraction of sp³-hybridized carbons (Fsp3) is 0.143. The van der Waals surface area contributed by atoms with Gasteiger partial charge >= 0.3 is 5.69 Å². The summed E-state index contributed by atoms with van der Waals surface area (Å²) in [6.07, 6.45) is 1.75. The van der Waals surface area contributed by atoms with Gasteiger partial charge in [-0.05, 0) is 54.1 Å². The van der Waals surface area contributed by atoms with Gasteiger partial charge in [-0.2, -0.15) is 0 Å². The highest BCUT2D eigenvalue weighted by Gasteiger charge is 2.20. The number of rotatable bonds is 3. The standard InChI is InChI=1S/C21H18FN3O3/c1-23-17-12-25(15-8-10-16(28-3)11-9-15)19(13-4-6-14(22)7-5-13)18(17)20(26)24(2)21(23)27/h4-12H,1-3H3. The predicted molar refractivity (Wildman–Crippen MR) is 106 cm³/mol. The molecule has 0 saturated heterocycles. The third-order valence-corrected chi connectivity index (χ3v) is 4.91. The van der Waals surface area contributed by atoms with Crippen LogP contribution in [0.25, 0.3) is 27.8 Å². The van der Waals surface area contributed by atoms with Crippen molar-refractivity contribution in [3.05, 3.63) is 81.4 Å². The van der Waals surface area contributed by atoms with Gasteiger partial charge in [0.05, 0.1) is 23.7 Å². The Hall–Kier alpha value is -3.61. The normalized spacial score (nSPS) is 11.1. The molecule has 2 aromatic heterocycles. The van der Waals surface area contributed by atoms with Crippen LogP contribution in [0.4, 0.5) is 4.39 Å². The number of aryl methyl sites for hydroxylation is 1. The van der Waals surface area contributed by atoms with E-state index in [0.717, 1.165) is 10.3 Å². The van der Waals surface area contributed by atoms with Gasteiger partial charge in [0.1, 0.15) is 11.6 Å². The SMILES string of the molecule is COc1ccc(-n2cc3c(c2-c2ccc(F)cc2)c(=O)n(C)c(=O)n3C)cc1. The van der Waals surface area contributed by atoms with Gasteiger partial charge in [0.2, 0.25) is 0 Å². The zero-order valence-electron chi connectivity index (χ0n) is 15.6. The number of hydrogen-bond donors (Lipinski definition) is 0. The Kier molecular flexibility index (Phi) is 4.15. The average molecular weight is 379 g/mol. The summed E-state index contributed by atoms with van der Waals surface area (Å²) in [5, 5.41) is 0.395. The lowest BCUT2D eigenvalue weighted by Crippen LogP contribution is -2.36. The summed E-state index contributed by atoms with van der Waals surface area (Å²) in [5.41, 5.74) is 1.74. The van der Waals surface area contributed by atoms with Crippen molar-refractivity contribution in [1.29, 1.82) is 0 Å². The van der Waals surface area contributed by atoms with E-state index in [-0.39, 0.29) is 5.82 Å². The molecule has 4 rings (SSSR count). The summed E-state index contributed by atoms with van der Waals surface area (Å²) < 4.78 is 23.0. The maximum atomic E-state index is 13.5. The van der Waals surface area contributed by atoms with Crippen LogP contribution < -0.4 is 16.0 Å². The highest BCUT2D eigenvalue weighted by molar-refractivity contribution is 5.94. The van der Waals surface area contributed by atoms with Crippen LogP contribution in [-0.2, 0) is 14.1 Å². The molecule has 0 aliphatic carbocycles. The zero-order valence-corrected chi connectivity index (χ0v) is 15.6.